The van der Waals surface area contributed by atoms with Gasteiger partial charge in [0.1, 0.15) is 5.75 Å². The number of nitrogens with one attached hydrogen (secondary N) is 1. The largest absolute Gasteiger partial charge is 0.497 e. The molecule has 0 aliphatic carbocycles. The number of benzene rings is 1. The van der Waals surface area contributed by atoms with Gasteiger partial charge in [0.05, 0.1) is 13.7 Å². The van der Waals surface area contributed by atoms with Crippen LogP contribution in [0.4, 0.5) is 0 Å². The number of hydrogen-bond acceptors (Lipinski definition) is 3. The van der Waals surface area contributed by atoms with Crippen molar-refractivity contribution in [3.05, 3.63) is 29.8 Å². The second-order valence-corrected chi connectivity index (χ2v) is 5.25. The second-order valence-electron chi connectivity index (χ2n) is 5.25. The summed E-state index contributed by atoms with van der Waals surface area (Å²) in [5.41, 5.74) is 1.16. The molecule has 1 amide bonds. The molecule has 1 aliphatic heterocycles. The van der Waals surface area contributed by atoms with Crippen molar-refractivity contribution < 1.29 is 9.53 Å². The molecule has 1 N–H and O–H groups in total. The SMILES string of the molecule is COc1ccc(CNCC(=O)N2CCCCCC2)cc1. The van der Waals surface area contributed by atoms with Crippen LogP contribution < -0.4 is 10.1 Å². The average Bonchev–Trinajstić information content (AvgIpc) is 2.77. The highest BCUT2D eigenvalue weighted by atomic mass is 16.5. The zero-order valence-electron chi connectivity index (χ0n) is 12.2. The summed E-state index contributed by atoms with van der Waals surface area (Å²) in [6.07, 6.45) is 4.79. The second kappa shape index (κ2) is 7.90. The van der Waals surface area contributed by atoms with Crippen LogP contribution in [0.5, 0.6) is 5.75 Å². The lowest BCUT2D eigenvalue weighted by Crippen LogP contribution is -2.38. The molecule has 110 valence electrons. The van der Waals surface area contributed by atoms with Gasteiger partial charge < -0.3 is 15.0 Å². The van der Waals surface area contributed by atoms with Crippen LogP contribution in [0.15, 0.2) is 24.3 Å². The molecule has 20 heavy (non-hydrogen) atoms. The zero-order chi connectivity index (χ0) is 14.2. The molecular weight excluding hydrogens is 252 g/mol. The van der Waals surface area contributed by atoms with Crippen molar-refractivity contribution >= 4 is 5.91 Å². The van der Waals surface area contributed by atoms with Gasteiger partial charge >= 0.3 is 0 Å². The van der Waals surface area contributed by atoms with Gasteiger partial charge in [0.25, 0.3) is 0 Å². The van der Waals surface area contributed by atoms with E-state index in [0.29, 0.717) is 13.1 Å². The number of nitrogens with zero attached hydrogens (tertiary/aromatic N) is 1. The Morgan fingerprint density at radius 1 is 1.15 bits per heavy atom. The third-order valence-electron chi connectivity index (χ3n) is 3.72. The topological polar surface area (TPSA) is 41.6 Å². The van der Waals surface area contributed by atoms with Gasteiger partial charge in [-0.15, -0.1) is 0 Å². The maximum Gasteiger partial charge on any atom is 0.236 e. The first-order chi connectivity index (χ1) is 9.79. The predicted molar refractivity (Wildman–Crippen MR) is 79.7 cm³/mol. The van der Waals surface area contributed by atoms with E-state index in [1.54, 1.807) is 7.11 Å². The van der Waals surface area contributed by atoms with Gasteiger partial charge in [0.15, 0.2) is 0 Å². The third kappa shape index (κ3) is 4.53. The molecule has 0 spiro atoms. The van der Waals surface area contributed by atoms with Crippen molar-refractivity contribution in [2.45, 2.75) is 32.2 Å². The third-order valence-corrected chi connectivity index (χ3v) is 3.72. The number of carbonyl (C=O) groups is 1. The van der Waals surface area contributed by atoms with Gasteiger partial charge in [-0.25, -0.2) is 0 Å². The Balaban J connectivity index is 1.72. The summed E-state index contributed by atoms with van der Waals surface area (Å²) < 4.78 is 5.12. The van der Waals surface area contributed by atoms with Crippen molar-refractivity contribution in [2.24, 2.45) is 0 Å². The van der Waals surface area contributed by atoms with Gasteiger partial charge in [-0.3, -0.25) is 4.79 Å². The van der Waals surface area contributed by atoms with Crippen molar-refractivity contribution in [1.29, 1.82) is 0 Å². The maximum absolute atomic E-state index is 12.1. The molecule has 0 aromatic heterocycles. The zero-order valence-corrected chi connectivity index (χ0v) is 12.2. The fraction of sp³-hybridized carbons (Fsp3) is 0.562. The van der Waals surface area contributed by atoms with Crippen LogP contribution in [0.1, 0.15) is 31.2 Å². The van der Waals surface area contributed by atoms with Crippen LogP contribution in [0.3, 0.4) is 0 Å². The standard InChI is InChI=1S/C16H24N2O2/c1-20-15-8-6-14(7-9-15)12-17-13-16(19)18-10-4-2-3-5-11-18/h6-9,17H,2-5,10-13H2,1H3. The van der Waals surface area contributed by atoms with Crippen LogP contribution in [-0.4, -0.2) is 37.6 Å². The number of carbonyl (C=O) groups excluding carboxylic acids is 1. The van der Waals surface area contributed by atoms with Crippen molar-refractivity contribution in [1.82, 2.24) is 10.2 Å². The minimum atomic E-state index is 0.223. The summed E-state index contributed by atoms with van der Waals surface area (Å²) in [5, 5.41) is 3.22. The molecule has 0 radical (unpaired) electrons. The van der Waals surface area contributed by atoms with Gasteiger partial charge in [0.2, 0.25) is 5.91 Å². The Morgan fingerprint density at radius 3 is 2.40 bits per heavy atom. The first-order valence-electron chi connectivity index (χ1n) is 7.41. The van der Waals surface area contributed by atoms with E-state index in [0.717, 1.165) is 37.2 Å². The lowest BCUT2D eigenvalue weighted by Gasteiger charge is -2.20. The van der Waals surface area contributed by atoms with Gasteiger partial charge in [0, 0.05) is 19.6 Å². The van der Waals surface area contributed by atoms with Crippen LogP contribution in [-0.2, 0) is 11.3 Å². The number of likely N-dealkylation sites (tertiary alicyclic amines) is 1. The molecule has 1 aromatic carbocycles. The Kier molecular flexibility index (Phi) is 5.87. The van der Waals surface area contributed by atoms with Gasteiger partial charge in [-0.1, -0.05) is 25.0 Å². The van der Waals surface area contributed by atoms with E-state index in [-0.39, 0.29) is 5.91 Å². The summed E-state index contributed by atoms with van der Waals surface area (Å²) in [5.74, 6) is 1.08. The normalized spacial score (nSPS) is 15.8. The maximum atomic E-state index is 12.1. The summed E-state index contributed by atoms with van der Waals surface area (Å²) in [4.78, 5) is 14.1. The molecular formula is C16H24N2O2. The number of rotatable bonds is 5. The number of ether oxygens (including phenoxy) is 1. The number of amides is 1. The molecule has 0 bridgehead atoms. The van der Waals surface area contributed by atoms with E-state index in [9.17, 15) is 4.79 Å². The Morgan fingerprint density at radius 2 is 1.80 bits per heavy atom. The highest BCUT2D eigenvalue weighted by molar-refractivity contribution is 5.78. The van der Waals surface area contributed by atoms with E-state index in [2.05, 4.69) is 5.32 Å². The molecule has 1 heterocycles. The van der Waals surface area contributed by atoms with Crippen molar-refractivity contribution in [3.63, 3.8) is 0 Å². The smallest absolute Gasteiger partial charge is 0.236 e. The minimum absolute atomic E-state index is 0.223. The van der Waals surface area contributed by atoms with Gasteiger partial charge in [-0.05, 0) is 30.5 Å². The number of hydrogen-bond donors (Lipinski definition) is 1. The summed E-state index contributed by atoms with van der Waals surface area (Å²) >= 11 is 0. The molecule has 2 rings (SSSR count). The van der Waals surface area contributed by atoms with E-state index in [4.69, 9.17) is 4.74 Å². The Hall–Kier alpha value is -1.55. The van der Waals surface area contributed by atoms with Crippen LogP contribution in [0.2, 0.25) is 0 Å². The molecule has 1 fully saturated rings. The predicted octanol–water partition coefficient (Wildman–Crippen LogP) is 2.19. The van der Waals surface area contributed by atoms with Gasteiger partial charge in [-0.2, -0.15) is 0 Å². The molecule has 0 atom stereocenters. The highest BCUT2D eigenvalue weighted by Gasteiger charge is 2.14. The first-order valence-corrected chi connectivity index (χ1v) is 7.41. The van der Waals surface area contributed by atoms with Crippen molar-refractivity contribution in [3.8, 4) is 5.75 Å². The van der Waals surface area contributed by atoms with Crippen LogP contribution >= 0.6 is 0 Å². The molecule has 0 unspecified atom stereocenters. The fourth-order valence-corrected chi connectivity index (χ4v) is 2.49. The van der Waals surface area contributed by atoms with Crippen molar-refractivity contribution in [2.75, 3.05) is 26.7 Å². The van der Waals surface area contributed by atoms with E-state index in [1.165, 1.54) is 12.8 Å². The summed E-state index contributed by atoms with van der Waals surface area (Å²) in [7, 11) is 1.66. The molecule has 1 saturated heterocycles. The van der Waals surface area contributed by atoms with E-state index in [1.807, 2.05) is 29.2 Å². The molecule has 0 saturated carbocycles. The lowest BCUT2D eigenvalue weighted by molar-refractivity contribution is -0.130. The Bertz CT molecular complexity index is 409. The monoisotopic (exact) mass is 276 g/mol. The Labute approximate surface area is 121 Å². The van der Waals surface area contributed by atoms with E-state index < -0.39 is 0 Å². The molecule has 4 nitrogen and oxygen atoms in total. The highest BCUT2D eigenvalue weighted by Crippen LogP contribution is 2.11. The van der Waals surface area contributed by atoms with Crippen LogP contribution in [0, 0.1) is 0 Å². The summed E-state index contributed by atoms with van der Waals surface area (Å²) in [6.45, 7) is 2.97. The number of methoxy groups -OCH3 is 1. The molecule has 4 heteroatoms. The van der Waals surface area contributed by atoms with Crippen LogP contribution in [0.25, 0.3) is 0 Å². The lowest BCUT2D eigenvalue weighted by atomic mass is 10.2. The quantitative estimate of drug-likeness (QED) is 0.896. The molecule has 1 aliphatic rings. The average molecular weight is 276 g/mol. The molecule has 1 aromatic rings. The van der Waals surface area contributed by atoms with E-state index >= 15 is 0 Å². The summed E-state index contributed by atoms with van der Waals surface area (Å²) in [6, 6.07) is 7.91. The first kappa shape index (κ1) is 14.9. The minimum Gasteiger partial charge on any atom is -0.497 e. The fourth-order valence-electron chi connectivity index (χ4n) is 2.49.